The van der Waals surface area contributed by atoms with Gasteiger partial charge in [-0.1, -0.05) is 0 Å². The van der Waals surface area contributed by atoms with E-state index in [1.807, 2.05) is 13.0 Å². The average molecular weight is 276 g/mol. The van der Waals surface area contributed by atoms with Crippen LogP contribution in [0, 0.1) is 12.7 Å². The summed E-state index contributed by atoms with van der Waals surface area (Å²) in [7, 11) is 0. The van der Waals surface area contributed by atoms with E-state index in [4.69, 9.17) is 0 Å². The third-order valence-corrected chi connectivity index (χ3v) is 4.56. The highest BCUT2D eigenvalue weighted by Gasteiger charge is 2.36. The Morgan fingerprint density at radius 3 is 2.50 bits per heavy atom. The van der Waals surface area contributed by atoms with Gasteiger partial charge in [0.15, 0.2) is 5.82 Å². The van der Waals surface area contributed by atoms with Crippen LogP contribution in [0.1, 0.15) is 51.4 Å². The zero-order chi connectivity index (χ0) is 14.7. The van der Waals surface area contributed by atoms with Gasteiger partial charge in [0.05, 0.1) is 11.1 Å². The van der Waals surface area contributed by atoms with Gasteiger partial charge in [0.1, 0.15) is 11.3 Å². The van der Waals surface area contributed by atoms with Crippen molar-refractivity contribution in [3.05, 3.63) is 29.3 Å². The largest absolute Gasteiger partial charge is 0.386 e. The molecule has 0 radical (unpaired) electrons. The molecule has 4 heteroatoms. The number of hydrogen-bond donors (Lipinski definition) is 1. The molecule has 2 aromatic rings. The van der Waals surface area contributed by atoms with E-state index in [2.05, 4.69) is 16.5 Å². The van der Waals surface area contributed by atoms with Crippen LogP contribution in [0.5, 0.6) is 0 Å². The SMILES string of the molecule is Cc1nc2c(F)cc(C(C)(C)O)cc2n1C1(C)CCC1. The summed E-state index contributed by atoms with van der Waals surface area (Å²) in [6.45, 7) is 7.46. The highest BCUT2D eigenvalue weighted by molar-refractivity contribution is 5.78. The molecule has 1 aliphatic rings. The number of aryl methyl sites for hydroxylation is 1. The highest BCUT2D eigenvalue weighted by atomic mass is 19.1. The Bertz CT molecular complexity index is 678. The fraction of sp³-hybridized carbons (Fsp3) is 0.562. The van der Waals surface area contributed by atoms with E-state index in [1.54, 1.807) is 13.8 Å². The molecule has 0 amide bonds. The quantitative estimate of drug-likeness (QED) is 0.910. The summed E-state index contributed by atoms with van der Waals surface area (Å²) in [5, 5.41) is 10.1. The van der Waals surface area contributed by atoms with Crippen molar-refractivity contribution in [2.75, 3.05) is 0 Å². The zero-order valence-corrected chi connectivity index (χ0v) is 12.5. The molecule has 1 N–H and O–H groups in total. The lowest BCUT2D eigenvalue weighted by molar-refractivity contribution is 0.0783. The standard InChI is InChI=1S/C16H21FN2O/c1-10-18-14-12(17)8-11(15(2,3)20)9-13(14)19(10)16(4)6-5-7-16/h8-9,20H,5-7H2,1-4H3. The van der Waals surface area contributed by atoms with Crippen LogP contribution < -0.4 is 0 Å². The van der Waals surface area contributed by atoms with Gasteiger partial charge in [-0.3, -0.25) is 0 Å². The van der Waals surface area contributed by atoms with E-state index in [-0.39, 0.29) is 11.4 Å². The maximum absolute atomic E-state index is 14.3. The van der Waals surface area contributed by atoms with Gasteiger partial charge >= 0.3 is 0 Å². The smallest absolute Gasteiger partial charge is 0.151 e. The Hall–Kier alpha value is -1.42. The molecular formula is C16H21FN2O. The minimum atomic E-state index is -1.06. The average Bonchev–Trinajstić information content (AvgIpc) is 2.62. The molecule has 1 fully saturated rings. The Kier molecular flexibility index (Phi) is 2.74. The maximum Gasteiger partial charge on any atom is 0.151 e. The molecule has 0 spiro atoms. The second-order valence-electron chi connectivity index (χ2n) is 6.73. The number of imidazole rings is 1. The number of aromatic nitrogens is 2. The minimum absolute atomic E-state index is 0.0312. The van der Waals surface area contributed by atoms with Gasteiger partial charge in [0.2, 0.25) is 0 Å². The number of nitrogens with zero attached hydrogens (tertiary/aromatic N) is 2. The Morgan fingerprint density at radius 1 is 1.35 bits per heavy atom. The van der Waals surface area contributed by atoms with Gasteiger partial charge in [-0.2, -0.15) is 0 Å². The van der Waals surface area contributed by atoms with Gasteiger partial charge in [0, 0.05) is 5.54 Å². The van der Waals surface area contributed by atoms with Gasteiger partial charge < -0.3 is 9.67 Å². The van der Waals surface area contributed by atoms with Gasteiger partial charge in [-0.25, -0.2) is 9.37 Å². The van der Waals surface area contributed by atoms with Crippen molar-refractivity contribution in [2.45, 2.75) is 58.1 Å². The molecule has 108 valence electrons. The molecule has 3 nitrogen and oxygen atoms in total. The van der Waals surface area contributed by atoms with Crippen LogP contribution in [0.4, 0.5) is 4.39 Å². The summed E-state index contributed by atoms with van der Waals surface area (Å²) in [6.07, 6.45) is 3.38. The summed E-state index contributed by atoms with van der Waals surface area (Å²) in [5.74, 6) is 0.485. The molecule has 1 aromatic carbocycles. The lowest BCUT2D eigenvalue weighted by Gasteiger charge is -2.41. The van der Waals surface area contributed by atoms with Crippen LogP contribution in [0.15, 0.2) is 12.1 Å². The van der Waals surface area contributed by atoms with Crippen molar-refractivity contribution in [1.29, 1.82) is 0 Å². The van der Waals surface area contributed by atoms with E-state index >= 15 is 0 Å². The maximum atomic E-state index is 14.3. The first-order chi connectivity index (χ1) is 9.22. The number of rotatable bonds is 2. The lowest BCUT2D eigenvalue weighted by atomic mass is 9.78. The van der Waals surface area contributed by atoms with E-state index in [0.29, 0.717) is 11.1 Å². The van der Waals surface area contributed by atoms with Crippen molar-refractivity contribution in [2.24, 2.45) is 0 Å². The van der Waals surface area contributed by atoms with Crippen molar-refractivity contribution in [3.8, 4) is 0 Å². The third-order valence-electron chi connectivity index (χ3n) is 4.56. The molecule has 20 heavy (non-hydrogen) atoms. The lowest BCUT2D eigenvalue weighted by Crippen LogP contribution is -2.37. The molecular weight excluding hydrogens is 255 g/mol. The van der Waals surface area contributed by atoms with Crippen molar-refractivity contribution in [3.63, 3.8) is 0 Å². The Morgan fingerprint density at radius 2 is 2.00 bits per heavy atom. The first kappa shape index (κ1) is 13.6. The molecule has 0 unspecified atom stereocenters. The van der Waals surface area contributed by atoms with Gasteiger partial charge in [-0.15, -0.1) is 0 Å². The van der Waals surface area contributed by atoms with E-state index in [0.717, 1.165) is 24.2 Å². The van der Waals surface area contributed by atoms with E-state index in [1.165, 1.54) is 12.5 Å². The molecule has 1 heterocycles. The molecule has 1 aliphatic carbocycles. The van der Waals surface area contributed by atoms with Crippen LogP contribution in [0.3, 0.4) is 0 Å². The predicted octanol–water partition coefficient (Wildman–Crippen LogP) is 3.61. The predicted molar refractivity (Wildman–Crippen MR) is 77.2 cm³/mol. The van der Waals surface area contributed by atoms with Crippen LogP contribution in [-0.4, -0.2) is 14.7 Å². The summed E-state index contributed by atoms with van der Waals surface area (Å²) < 4.78 is 16.4. The fourth-order valence-electron chi connectivity index (χ4n) is 3.20. The zero-order valence-electron chi connectivity index (χ0n) is 12.5. The normalized spacial score (nSPS) is 18.3. The van der Waals surface area contributed by atoms with Crippen molar-refractivity contribution >= 4 is 11.0 Å². The fourth-order valence-corrected chi connectivity index (χ4v) is 3.20. The number of hydrogen-bond acceptors (Lipinski definition) is 2. The number of benzene rings is 1. The summed E-state index contributed by atoms with van der Waals surface area (Å²) in [4.78, 5) is 4.39. The number of fused-ring (bicyclic) bond motifs is 1. The van der Waals surface area contributed by atoms with E-state index < -0.39 is 5.60 Å². The van der Waals surface area contributed by atoms with Crippen molar-refractivity contribution < 1.29 is 9.50 Å². The topological polar surface area (TPSA) is 38.1 Å². The Labute approximate surface area is 118 Å². The first-order valence-corrected chi connectivity index (χ1v) is 7.14. The minimum Gasteiger partial charge on any atom is -0.386 e. The highest BCUT2D eigenvalue weighted by Crippen LogP contribution is 2.42. The molecule has 3 rings (SSSR count). The third kappa shape index (κ3) is 1.85. The Balaban J connectivity index is 2.30. The van der Waals surface area contributed by atoms with Crippen LogP contribution in [-0.2, 0) is 11.1 Å². The molecule has 0 bridgehead atoms. The van der Waals surface area contributed by atoms with Gasteiger partial charge in [-0.05, 0) is 64.7 Å². The molecule has 1 saturated carbocycles. The van der Waals surface area contributed by atoms with Crippen LogP contribution in [0.2, 0.25) is 0 Å². The molecule has 0 atom stereocenters. The molecule has 0 aliphatic heterocycles. The summed E-state index contributed by atoms with van der Waals surface area (Å²) in [5.41, 5.74) is 0.763. The number of aliphatic hydroxyl groups is 1. The first-order valence-electron chi connectivity index (χ1n) is 7.14. The van der Waals surface area contributed by atoms with Crippen LogP contribution >= 0.6 is 0 Å². The van der Waals surface area contributed by atoms with E-state index in [9.17, 15) is 9.50 Å². The molecule has 1 aromatic heterocycles. The second-order valence-corrected chi connectivity index (χ2v) is 6.73. The monoisotopic (exact) mass is 276 g/mol. The van der Waals surface area contributed by atoms with Crippen molar-refractivity contribution in [1.82, 2.24) is 9.55 Å². The van der Waals surface area contributed by atoms with Crippen LogP contribution in [0.25, 0.3) is 11.0 Å². The number of halogens is 1. The summed E-state index contributed by atoms with van der Waals surface area (Å²) in [6, 6.07) is 3.27. The van der Waals surface area contributed by atoms with Gasteiger partial charge in [0.25, 0.3) is 0 Å². The summed E-state index contributed by atoms with van der Waals surface area (Å²) >= 11 is 0. The molecule has 0 saturated heterocycles. The second kappa shape index (κ2) is 4.04.